The van der Waals surface area contributed by atoms with E-state index in [9.17, 15) is 9.59 Å². The minimum Gasteiger partial charge on any atom is -0.461 e. The Morgan fingerprint density at radius 3 is 2.65 bits per heavy atom. The number of carbonyl (C=O) groups is 2. The number of ether oxygens (including phenoxy) is 2. The Balaban J connectivity index is 1.90. The molecule has 1 heterocycles. The number of carbonyl (C=O) groups excluding carboxylic acids is 2. The van der Waals surface area contributed by atoms with Crippen LogP contribution in [0, 0.1) is 11.3 Å². The molecule has 0 spiro atoms. The molecule has 1 saturated carbocycles. The van der Waals surface area contributed by atoms with Crippen LogP contribution < -0.4 is 0 Å². The predicted molar refractivity (Wildman–Crippen MR) is 101 cm³/mol. The van der Waals surface area contributed by atoms with Crippen LogP contribution in [-0.4, -0.2) is 30.1 Å². The molecule has 0 aromatic heterocycles. The molecule has 2 aliphatic carbocycles. The lowest BCUT2D eigenvalue weighted by molar-refractivity contribution is -0.140. The Morgan fingerprint density at radius 2 is 2.00 bits per heavy atom. The van der Waals surface area contributed by atoms with Gasteiger partial charge < -0.3 is 9.47 Å². The second-order valence-corrected chi connectivity index (χ2v) is 9.06. The molecule has 4 nitrogen and oxygen atoms in total. The molecule has 0 N–H and O–H groups in total. The van der Waals surface area contributed by atoms with Crippen LogP contribution in [-0.2, 0) is 19.1 Å². The highest BCUT2D eigenvalue weighted by Crippen LogP contribution is 2.53. The van der Waals surface area contributed by atoms with E-state index >= 15 is 0 Å². The standard InChI is InChI=1S/C22H32O4/c1-14(2)20-17-9-11-22(5)19(26-22)7-6-16(13-25-15(3)23)8-10-21(17,4)12-18(20)24/h8,17,19H,6-7,9-13H2,1-5H3/b16-8-/t17-,19+,21-,22+/m0/s1. The van der Waals surface area contributed by atoms with E-state index in [4.69, 9.17) is 9.47 Å². The first-order valence-corrected chi connectivity index (χ1v) is 9.84. The van der Waals surface area contributed by atoms with Crippen molar-refractivity contribution >= 4 is 11.8 Å². The fraction of sp³-hybridized carbons (Fsp3) is 0.727. The van der Waals surface area contributed by atoms with Gasteiger partial charge in [-0.15, -0.1) is 0 Å². The fourth-order valence-corrected chi connectivity index (χ4v) is 4.89. The number of hydrogen-bond donors (Lipinski definition) is 0. The second kappa shape index (κ2) is 6.95. The Morgan fingerprint density at radius 1 is 1.27 bits per heavy atom. The van der Waals surface area contributed by atoms with Gasteiger partial charge in [0.05, 0.1) is 11.7 Å². The van der Waals surface area contributed by atoms with Crippen molar-refractivity contribution in [2.75, 3.05) is 6.61 Å². The summed E-state index contributed by atoms with van der Waals surface area (Å²) in [6.07, 6.45) is 7.83. The molecule has 0 aromatic rings. The Kier molecular flexibility index (Phi) is 5.17. The zero-order chi connectivity index (χ0) is 19.1. The van der Waals surface area contributed by atoms with Crippen LogP contribution in [0.4, 0.5) is 0 Å². The molecule has 3 rings (SSSR count). The SMILES string of the molecule is CC(=O)OC/C1=C\C[C@@]2(C)CC(=O)C(=C(C)C)[C@@H]2CC[C@@]2(C)O[C@@H]2CC1. The summed E-state index contributed by atoms with van der Waals surface area (Å²) in [4.78, 5) is 24.0. The van der Waals surface area contributed by atoms with Gasteiger partial charge in [-0.2, -0.15) is 0 Å². The van der Waals surface area contributed by atoms with Gasteiger partial charge in [-0.3, -0.25) is 9.59 Å². The fourth-order valence-electron chi connectivity index (χ4n) is 4.89. The maximum absolute atomic E-state index is 12.7. The van der Waals surface area contributed by atoms with Gasteiger partial charge >= 0.3 is 5.97 Å². The molecule has 0 amide bonds. The first-order valence-electron chi connectivity index (χ1n) is 9.84. The smallest absolute Gasteiger partial charge is 0.302 e. The number of hydrogen-bond acceptors (Lipinski definition) is 4. The van der Waals surface area contributed by atoms with Crippen molar-refractivity contribution in [3.63, 3.8) is 0 Å². The topological polar surface area (TPSA) is 55.9 Å². The van der Waals surface area contributed by atoms with Crippen molar-refractivity contribution in [3.8, 4) is 0 Å². The van der Waals surface area contributed by atoms with Gasteiger partial charge in [0.25, 0.3) is 0 Å². The normalized spacial score (nSPS) is 39.2. The first-order chi connectivity index (χ1) is 12.1. The van der Waals surface area contributed by atoms with Gasteiger partial charge in [-0.05, 0) is 75.4 Å². The van der Waals surface area contributed by atoms with Crippen LogP contribution in [0.3, 0.4) is 0 Å². The summed E-state index contributed by atoms with van der Waals surface area (Å²) in [5.74, 6) is 0.341. The van der Waals surface area contributed by atoms with Crippen LogP contribution in [0.15, 0.2) is 22.8 Å². The summed E-state index contributed by atoms with van der Waals surface area (Å²) in [7, 11) is 0. The molecule has 0 unspecified atom stereocenters. The van der Waals surface area contributed by atoms with Crippen molar-refractivity contribution in [1.29, 1.82) is 0 Å². The highest BCUT2D eigenvalue weighted by molar-refractivity contribution is 5.99. The van der Waals surface area contributed by atoms with Crippen molar-refractivity contribution in [3.05, 3.63) is 22.8 Å². The maximum atomic E-state index is 12.7. The van der Waals surface area contributed by atoms with E-state index in [-0.39, 0.29) is 29.0 Å². The van der Waals surface area contributed by atoms with Gasteiger partial charge in [0.15, 0.2) is 5.78 Å². The summed E-state index contributed by atoms with van der Waals surface area (Å²) in [5, 5.41) is 0. The predicted octanol–water partition coefficient (Wildman–Crippen LogP) is 4.53. The third-order valence-electron chi connectivity index (χ3n) is 6.60. The van der Waals surface area contributed by atoms with Gasteiger partial charge in [-0.25, -0.2) is 0 Å². The van der Waals surface area contributed by atoms with E-state index in [1.807, 2.05) is 0 Å². The molecular weight excluding hydrogens is 328 g/mol. The minimum atomic E-state index is -0.250. The summed E-state index contributed by atoms with van der Waals surface area (Å²) in [6, 6.07) is 0. The molecule has 4 heteroatoms. The zero-order valence-corrected chi connectivity index (χ0v) is 16.8. The Bertz CT molecular complexity index is 670. The summed E-state index contributed by atoms with van der Waals surface area (Å²) >= 11 is 0. The molecule has 0 radical (unpaired) electrons. The average molecular weight is 360 g/mol. The first kappa shape index (κ1) is 19.3. The zero-order valence-electron chi connectivity index (χ0n) is 16.8. The van der Waals surface area contributed by atoms with E-state index in [1.54, 1.807) is 0 Å². The lowest BCUT2D eigenvalue weighted by Gasteiger charge is -2.31. The third kappa shape index (κ3) is 3.80. The quantitative estimate of drug-likeness (QED) is 0.314. The van der Waals surface area contributed by atoms with E-state index in [0.29, 0.717) is 18.8 Å². The molecule has 144 valence electrons. The molecule has 26 heavy (non-hydrogen) atoms. The number of rotatable bonds is 2. The van der Waals surface area contributed by atoms with Gasteiger partial charge in [0, 0.05) is 13.3 Å². The van der Waals surface area contributed by atoms with Crippen LogP contribution in [0.1, 0.15) is 73.1 Å². The van der Waals surface area contributed by atoms with Gasteiger partial charge in [0.1, 0.15) is 6.61 Å². The number of fused-ring (bicyclic) bond motifs is 2. The highest BCUT2D eigenvalue weighted by Gasteiger charge is 2.54. The molecule has 2 fully saturated rings. The minimum absolute atomic E-state index is 0.0593. The molecule has 1 aliphatic heterocycles. The lowest BCUT2D eigenvalue weighted by Crippen LogP contribution is -2.24. The number of epoxide rings is 1. The largest absolute Gasteiger partial charge is 0.461 e. The summed E-state index contributed by atoms with van der Waals surface area (Å²) < 4.78 is 11.3. The summed E-state index contributed by atoms with van der Waals surface area (Å²) in [5.41, 5.74) is 3.23. The second-order valence-electron chi connectivity index (χ2n) is 9.06. The molecule has 0 bridgehead atoms. The molecular formula is C22H32O4. The van der Waals surface area contributed by atoms with Crippen LogP contribution in [0.2, 0.25) is 0 Å². The number of esters is 1. The molecule has 1 saturated heterocycles. The van der Waals surface area contributed by atoms with E-state index in [2.05, 4.69) is 33.8 Å². The van der Waals surface area contributed by atoms with Crippen molar-refractivity contribution < 1.29 is 19.1 Å². The number of allylic oxidation sites excluding steroid dienone is 3. The summed E-state index contributed by atoms with van der Waals surface area (Å²) in [6.45, 7) is 10.4. The lowest BCUT2D eigenvalue weighted by atomic mass is 9.72. The van der Waals surface area contributed by atoms with Crippen LogP contribution >= 0.6 is 0 Å². The number of Topliss-reactive ketones (excluding diaryl/α,β-unsaturated/α-hetero) is 1. The average Bonchev–Trinajstić information content (AvgIpc) is 3.10. The maximum Gasteiger partial charge on any atom is 0.302 e. The van der Waals surface area contributed by atoms with Crippen LogP contribution in [0.5, 0.6) is 0 Å². The van der Waals surface area contributed by atoms with Crippen molar-refractivity contribution in [1.82, 2.24) is 0 Å². The monoisotopic (exact) mass is 360 g/mol. The molecule has 0 aromatic carbocycles. The molecule has 3 aliphatic rings. The van der Waals surface area contributed by atoms with Gasteiger partial charge in [-0.1, -0.05) is 18.6 Å². The Labute approximate surface area is 157 Å². The van der Waals surface area contributed by atoms with Crippen molar-refractivity contribution in [2.45, 2.75) is 84.8 Å². The van der Waals surface area contributed by atoms with E-state index in [1.165, 1.54) is 6.92 Å². The van der Waals surface area contributed by atoms with Crippen LogP contribution in [0.25, 0.3) is 0 Å². The highest BCUT2D eigenvalue weighted by atomic mass is 16.6. The van der Waals surface area contributed by atoms with Gasteiger partial charge in [0.2, 0.25) is 0 Å². The third-order valence-corrected chi connectivity index (χ3v) is 6.60. The number of ketones is 1. The van der Waals surface area contributed by atoms with E-state index < -0.39 is 0 Å². The Hall–Kier alpha value is -1.42. The van der Waals surface area contributed by atoms with E-state index in [0.717, 1.165) is 48.8 Å². The molecule has 4 atom stereocenters. The van der Waals surface area contributed by atoms with Crippen molar-refractivity contribution in [2.24, 2.45) is 11.3 Å².